The quantitative estimate of drug-likeness (QED) is 0.819. The van der Waals surface area contributed by atoms with Crippen LogP contribution in [0.2, 0.25) is 0 Å². The van der Waals surface area contributed by atoms with E-state index < -0.39 is 0 Å². The molecule has 1 fully saturated rings. The van der Waals surface area contributed by atoms with Crippen molar-refractivity contribution in [2.45, 2.75) is 18.9 Å². The number of carbonyl (C=O) groups is 1. The number of piperidine rings is 1. The molecule has 0 bridgehead atoms. The summed E-state index contributed by atoms with van der Waals surface area (Å²) in [7, 11) is 1.97. The van der Waals surface area contributed by atoms with Gasteiger partial charge in [-0.3, -0.25) is 14.7 Å². The van der Waals surface area contributed by atoms with Crippen molar-refractivity contribution in [3.05, 3.63) is 24.3 Å². The molecule has 100 valence electrons. The highest BCUT2D eigenvalue weighted by atomic mass is 35.5. The van der Waals surface area contributed by atoms with Gasteiger partial charge < -0.3 is 5.32 Å². The highest BCUT2D eigenvalue weighted by Gasteiger charge is 2.21. The van der Waals surface area contributed by atoms with Gasteiger partial charge in [-0.05, 0) is 26.4 Å². The number of ketones is 1. The van der Waals surface area contributed by atoms with Crippen molar-refractivity contribution in [3.8, 4) is 0 Å². The number of halogens is 1. The van der Waals surface area contributed by atoms with Gasteiger partial charge in [-0.1, -0.05) is 0 Å². The monoisotopic (exact) mass is 270 g/mol. The van der Waals surface area contributed by atoms with E-state index in [1.807, 2.05) is 7.05 Å². The van der Waals surface area contributed by atoms with Crippen molar-refractivity contribution in [1.29, 1.82) is 0 Å². The topological polar surface area (TPSA) is 58.1 Å². The van der Waals surface area contributed by atoms with E-state index in [4.69, 9.17) is 0 Å². The lowest BCUT2D eigenvalue weighted by molar-refractivity contribution is 0.0896. The van der Waals surface area contributed by atoms with Gasteiger partial charge in [0.2, 0.25) is 0 Å². The Morgan fingerprint density at radius 1 is 1.56 bits per heavy atom. The summed E-state index contributed by atoms with van der Waals surface area (Å²) in [4.78, 5) is 22.1. The molecule has 2 heterocycles. The van der Waals surface area contributed by atoms with Gasteiger partial charge in [0, 0.05) is 25.0 Å². The van der Waals surface area contributed by atoms with Crippen LogP contribution in [0.15, 0.2) is 18.6 Å². The van der Waals surface area contributed by atoms with Crippen molar-refractivity contribution in [2.75, 3.05) is 26.7 Å². The Labute approximate surface area is 113 Å². The smallest absolute Gasteiger partial charge is 0.196 e. The highest BCUT2D eigenvalue weighted by Crippen LogP contribution is 2.10. The molecule has 1 aromatic heterocycles. The van der Waals surface area contributed by atoms with E-state index in [0.717, 1.165) is 19.5 Å². The summed E-state index contributed by atoms with van der Waals surface area (Å²) in [6.45, 7) is 2.36. The number of likely N-dealkylation sites (tertiary alicyclic amines) is 1. The van der Waals surface area contributed by atoms with E-state index in [-0.39, 0.29) is 18.2 Å². The Bertz CT molecular complexity index is 374. The van der Waals surface area contributed by atoms with E-state index in [1.54, 1.807) is 12.4 Å². The summed E-state index contributed by atoms with van der Waals surface area (Å²) in [5, 5.41) is 3.27. The third-order valence-corrected chi connectivity index (χ3v) is 3.13. The van der Waals surface area contributed by atoms with Gasteiger partial charge >= 0.3 is 0 Å². The van der Waals surface area contributed by atoms with Gasteiger partial charge in [0.15, 0.2) is 5.78 Å². The molecule has 1 aromatic rings. The summed E-state index contributed by atoms with van der Waals surface area (Å²) in [6.07, 6.45) is 6.99. The van der Waals surface area contributed by atoms with Crippen LogP contribution in [-0.2, 0) is 0 Å². The van der Waals surface area contributed by atoms with Crippen molar-refractivity contribution < 1.29 is 4.79 Å². The molecule has 1 atom stereocenters. The summed E-state index contributed by atoms with van der Waals surface area (Å²) in [5.74, 6) is 0.0508. The van der Waals surface area contributed by atoms with Crippen LogP contribution >= 0.6 is 12.4 Å². The van der Waals surface area contributed by atoms with Crippen LogP contribution in [0.5, 0.6) is 0 Å². The molecule has 5 nitrogen and oxygen atoms in total. The molecule has 0 aliphatic carbocycles. The molecule has 0 radical (unpaired) electrons. The highest BCUT2D eigenvalue weighted by molar-refractivity contribution is 5.95. The number of carbonyl (C=O) groups excluding carboxylic acids is 1. The molecule has 0 saturated carbocycles. The molecule has 2 rings (SSSR count). The zero-order chi connectivity index (χ0) is 12.1. The zero-order valence-electron chi connectivity index (χ0n) is 10.5. The molecular weight excluding hydrogens is 252 g/mol. The first-order valence-electron chi connectivity index (χ1n) is 5.98. The fourth-order valence-electron chi connectivity index (χ4n) is 2.16. The average Bonchev–Trinajstić information content (AvgIpc) is 2.40. The average molecular weight is 271 g/mol. The molecule has 1 saturated heterocycles. The van der Waals surface area contributed by atoms with Gasteiger partial charge in [0.05, 0.1) is 12.7 Å². The van der Waals surface area contributed by atoms with Crippen LogP contribution in [0.25, 0.3) is 0 Å². The fourth-order valence-corrected chi connectivity index (χ4v) is 2.16. The number of hydrogen-bond acceptors (Lipinski definition) is 5. The summed E-state index contributed by atoms with van der Waals surface area (Å²) >= 11 is 0. The Morgan fingerprint density at radius 3 is 3.06 bits per heavy atom. The Kier molecular flexibility index (Phi) is 6.18. The van der Waals surface area contributed by atoms with E-state index in [0.29, 0.717) is 18.3 Å². The molecule has 18 heavy (non-hydrogen) atoms. The second-order valence-electron chi connectivity index (χ2n) is 4.38. The third kappa shape index (κ3) is 4.01. The normalized spacial score (nSPS) is 20.2. The Hall–Kier alpha value is -1.04. The Morgan fingerprint density at radius 2 is 2.39 bits per heavy atom. The van der Waals surface area contributed by atoms with Gasteiger partial charge in [-0.2, -0.15) is 0 Å². The molecule has 0 aromatic carbocycles. The van der Waals surface area contributed by atoms with Crippen LogP contribution in [0.3, 0.4) is 0 Å². The fraction of sp³-hybridized carbons (Fsp3) is 0.583. The van der Waals surface area contributed by atoms with E-state index in [2.05, 4.69) is 20.2 Å². The summed E-state index contributed by atoms with van der Waals surface area (Å²) in [5.41, 5.74) is 0.457. The predicted octanol–water partition coefficient (Wildman–Crippen LogP) is 0.765. The van der Waals surface area contributed by atoms with Gasteiger partial charge in [-0.15, -0.1) is 12.4 Å². The van der Waals surface area contributed by atoms with Crippen molar-refractivity contribution in [3.63, 3.8) is 0 Å². The Balaban J connectivity index is 0.00000162. The van der Waals surface area contributed by atoms with Crippen LogP contribution < -0.4 is 5.32 Å². The second kappa shape index (κ2) is 7.41. The molecule has 1 N–H and O–H groups in total. The van der Waals surface area contributed by atoms with Crippen LogP contribution in [-0.4, -0.2) is 53.4 Å². The number of likely N-dealkylation sites (N-methyl/N-ethyl adjacent to an activating group) is 1. The molecule has 1 unspecified atom stereocenters. The summed E-state index contributed by atoms with van der Waals surface area (Å²) in [6, 6.07) is 0.499. The summed E-state index contributed by atoms with van der Waals surface area (Å²) < 4.78 is 0. The number of aromatic nitrogens is 2. The minimum Gasteiger partial charge on any atom is -0.316 e. The van der Waals surface area contributed by atoms with E-state index >= 15 is 0 Å². The number of Topliss-reactive ketones (excluding diaryl/α,β-unsaturated/α-hetero) is 1. The minimum absolute atomic E-state index is 0. The standard InChI is InChI=1S/C12H18N4O.ClH/c1-13-10-3-2-6-16(8-10)9-12(17)11-7-14-4-5-15-11;/h4-5,7,10,13H,2-3,6,8-9H2,1H3;1H. The lowest BCUT2D eigenvalue weighted by Crippen LogP contribution is -2.46. The third-order valence-electron chi connectivity index (χ3n) is 3.13. The maximum Gasteiger partial charge on any atom is 0.196 e. The number of hydrogen-bond donors (Lipinski definition) is 1. The largest absolute Gasteiger partial charge is 0.316 e. The van der Waals surface area contributed by atoms with Gasteiger partial charge in [0.1, 0.15) is 5.69 Å². The lowest BCUT2D eigenvalue weighted by Gasteiger charge is -2.31. The van der Waals surface area contributed by atoms with Crippen LogP contribution in [0, 0.1) is 0 Å². The maximum absolute atomic E-state index is 11.9. The first-order valence-corrected chi connectivity index (χ1v) is 5.98. The molecule has 1 aliphatic rings. The maximum atomic E-state index is 11.9. The molecule has 6 heteroatoms. The van der Waals surface area contributed by atoms with Gasteiger partial charge in [0.25, 0.3) is 0 Å². The minimum atomic E-state index is 0. The zero-order valence-corrected chi connectivity index (χ0v) is 11.3. The number of nitrogens with one attached hydrogen (secondary N) is 1. The lowest BCUT2D eigenvalue weighted by atomic mass is 10.1. The van der Waals surface area contributed by atoms with Crippen LogP contribution in [0.4, 0.5) is 0 Å². The molecule has 1 aliphatic heterocycles. The SMILES string of the molecule is CNC1CCCN(CC(=O)c2cnccn2)C1.Cl. The van der Waals surface area contributed by atoms with Crippen molar-refractivity contribution >= 4 is 18.2 Å². The number of nitrogens with zero attached hydrogens (tertiary/aromatic N) is 3. The first kappa shape index (κ1) is 15.0. The van der Waals surface area contributed by atoms with Gasteiger partial charge in [-0.25, -0.2) is 4.98 Å². The van der Waals surface area contributed by atoms with Crippen LogP contribution in [0.1, 0.15) is 23.3 Å². The van der Waals surface area contributed by atoms with E-state index in [1.165, 1.54) is 12.6 Å². The van der Waals surface area contributed by atoms with Crippen molar-refractivity contribution in [2.24, 2.45) is 0 Å². The number of rotatable bonds is 4. The molecular formula is C12H19ClN4O. The molecule has 0 amide bonds. The predicted molar refractivity (Wildman–Crippen MR) is 72.1 cm³/mol. The second-order valence-corrected chi connectivity index (χ2v) is 4.38. The van der Waals surface area contributed by atoms with Crippen molar-refractivity contribution in [1.82, 2.24) is 20.2 Å². The van der Waals surface area contributed by atoms with E-state index in [9.17, 15) is 4.79 Å². The first-order chi connectivity index (χ1) is 8.29. The molecule has 0 spiro atoms.